The van der Waals surface area contributed by atoms with E-state index in [0.29, 0.717) is 12.8 Å². The van der Waals surface area contributed by atoms with Crippen LogP contribution in [-0.4, -0.2) is 48.9 Å². The van der Waals surface area contributed by atoms with Gasteiger partial charge in [0.2, 0.25) is 5.91 Å². The number of amides is 3. The topological polar surface area (TPSA) is 126 Å². The summed E-state index contributed by atoms with van der Waals surface area (Å²) in [6, 6.07) is 0. The van der Waals surface area contributed by atoms with Crippen LogP contribution in [0.25, 0.3) is 0 Å². The maximum Gasteiger partial charge on any atom is 0.330 e. The Labute approximate surface area is 123 Å². The van der Waals surface area contributed by atoms with Crippen LogP contribution in [0.15, 0.2) is 0 Å². The molecule has 0 unspecified atom stereocenters. The Balaban J connectivity index is 3.70. The molecule has 0 aromatic rings. The van der Waals surface area contributed by atoms with Gasteiger partial charge in [0.25, 0.3) is 5.91 Å². The highest BCUT2D eigenvalue weighted by Crippen LogP contribution is 1.95. The zero-order valence-corrected chi connectivity index (χ0v) is 12.4. The Morgan fingerprint density at radius 2 is 1.43 bits per heavy atom. The molecule has 0 aliphatic rings. The second-order valence-electron chi connectivity index (χ2n) is 4.69. The van der Waals surface area contributed by atoms with Crippen LogP contribution in [0.4, 0.5) is 0 Å². The lowest BCUT2D eigenvalue weighted by molar-refractivity contribution is -0.556. The number of ketones is 2. The molecule has 8 heteroatoms. The van der Waals surface area contributed by atoms with Gasteiger partial charge >= 0.3 is 5.91 Å². The number of hydrogen-bond acceptors (Lipinski definition) is 5. The van der Waals surface area contributed by atoms with Crippen LogP contribution in [0.3, 0.4) is 0 Å². The Morgan fingerprint density at radius 1 is 0.810 bits per heavy atom. The molecule has 0 spiro atoms. The summed E-state index contributed by atoms with van der Waals surface area (Å²) in [5, 5.41) is 5.92. The molecule has 8 nitrogen and oxygen atoms in total. The van der Waals surface area contributed by atoms with Crippen LogP contribution in [0, 0.1) is 0 Å². The van der Waals surface area contributed by atoms with Crippen LogP contribution < -0.4 is 16.0 Å². The Morgan fingerprint density at radius 3 is 2.00 bits per heavy atom. The van der Waals surface area contributed by atoms with Crippen LogP contribution in [0.2, 0.25) is 0 Å². The summed E-state index contributed by atoms with van der Waals surface area (Å²) in [6.45, 7) is 2.42. The normalized spacial score (nSPS) is 9.81. The smallest absolute Gasteiger partial charge is 0.330 e. The highest BCUT2D eigenvalue weighted by molar-refractivity contribution is 5.86. The fourth-order valence-corrected chi connectivity index (χ4v) is 1.35. The van der Waals surface area contributed by atoms with E-state index in [2.05, 4.69) is 10.6 Å². The first-order valence-corrected chi connectivity index (χ1v) is 6.69. The van der Waals surface area contributed by atoms with Crippen molar-refractivity contribution in [2.45, 2.75) is 33.1 Å². The Kier molecular flexibility index (Phi) is 9.61. The van der Waals surface area contributed by atoms with E-state index in [-0.39, 0.29) is 49.4 Å². The van der Waals surface area contributed by atoms with E-state index in [1.807, 2.05) is 0 Å². The van der Waals surface area contributed by atoms with Crippen LogP contribution in [0.5, 0.6) is 0 Å². The Hall–Kier alpha value is -2.09. The first kappa shape index (κ1) is 18.9. The number of rotatable bonds is 10. The lowest BCUT2D eigenvalue weighted by Gasteiger charge is -2.04. The molecule has 0 fully saturated rings. The number of Topliss-reactive ketones (excluding diaryl/α,β-unsaturated/α-hetero) is 2. The third-order valence-corrected chi connectivity index (χ3v) is 2.44. The quantitative estimate of drug-likeness (QED) is 0.417. The largest absolute Gasteiger partial charge is 0.344 e. The third kappa shape index (κ3) is 12.7. The summed E-state index contributed by atoms with van der Waals surface area (Å²) < 4.78 is 0. The van der Waals surface area contributed by atoms with E-state index in [4.69, 9.17) is 0 Å². The molecule has 118 valence electrons. The van der Waals surface area contributed by atoms with Crippen molar-refractivity contribution in [1.82, 2.24) is 10.6 Å². The van der Waals surface area contributed by atoms with Crippen LogP contribution in [0.1, 0.15) is 33.1 Å². The van der Waals surface area contributed by atoms with Gasteiger partial charge in [-0.25, -0.2) is 4.79 Å². The van der Waals surface area contributed by atoms with Gasteiger partial charge in [-0.15, -0.1) is 0 Å². The number of carbonyl (C=O) groups is 5. The van der Waals surface area contributed by atoms with Gasteiger partial charge < -0.3 is 15.4 Å². The molecule has 21 heavy (non-hydrogen) atoms. The minimum Gasteiger partial charge on any atom is -0.344 e. The molecule has 0 aliphatic heterocycles. The van der Waals surface area contributed by atoms with Gasteiger partial charge in [-0.3, -0.25) is 19.7 Å². The summed E-state index contributed by atoms with van der Waals surface area (Å²) in [5.74, 6) is -1.27. The van der Waals surface area contributed by atoms with E-state index in [1.54, 1.807) is 0 Å². The summed E-state index contributed by atoms with van der Waals surface area (Å²) in [7, 11) is 0. The van der Waals surface area contributed by atoms with Crippen molar-refractivity contribution in [2.24, 2.45) is 0 Å². The third-order valence-electron chi connectivity index (χ3n) is 2.44. The molecule has 4 N–H and O–H groups in total. The van der Waals surface area contributed by atoms with Crippen molar-refractivity contribution in [3.8, 4) is 0 Å². The monoisotopic (exact) mass is 300 g/mol. The molecule has 0 aromatic carbocycles. The predicted molar refractivity (Wildman–Crippen MR) is 73.0 cm³/mol. The number of quaternary nitrogens is 1. The van der Waals surface area contributed by atoms with Crippen molar-refractivity contribution >= 4 is 29.3 Å². The SMILES string of the molecule is CC(=O)CCCC(=O)NCC(=O)[NH2+]CC(=O)NCC(C)=O. The molecule has 3 amide bonds. The van der Waals surface area contributed by atoms with E-state index < -0.39 is 5.91 Å². The maximum atomic E-state index is 11.4. The first-order chi connectivity index (χ1) is 9.81. The Bertz CT molecular complexity index is 420. The molecule has 0 atom stereocenters. The number of nitrogens with two attached hydrogens (primary N) is 1. The fourth-order valence-electron chi connectivity index (χ4n) is 1.35. The standard InChI is InChI=1S/C13H21N3O5/c1-9(17)4-3-5-11(19)15-7-13(21)16-8-12(20)14-6-10(2)18/h3-8H2,1-2H3,(H,14,20)(H,15,19)(H,16,21)/p+1. The van der Waals surface area contributed by atoms with Gasteiger partial charge in [-0.05, 0) is 20.3 Å². The molecular weight excluding hydrogens is 278 g/mol. The number of carbonyl (C=O) groups excluding carboxylic acids is 5. The van der Waals surface area contributed by atoms with Crippen molar-refractivity contribution in [3.63, 3.8) is 0 Å². The number of hydrogen-bond donors (Lipinski definition) is 3. The highest BCUT2D eigenvalue weighted by Gasteiger charge is 2.12. The molecule has 0 rings (SSSR count). The number of primary amides is 1. The average molecular weight is 300 g/mol. The van der Waals surface area contributed by atoms with Gasteiger partial charge in [0, 0.05) is 12.8 Å². The molecule has 0 aromatic heterocycles. The maximum absolute atomic E-state index is 11.4. The van der Waals surface area contributed by atoms with Crippen molar-refractivity contribution in [2.75, 3.05) is 19.6 Å². The van der Waals surface area contributed by atoms with E-state index in [9.17, 15) is 24.0 Å². The van der Waals surface area contributed by atoms with Crippen molar-refractivity contribution in [3.05, 3.63) is 0 Å². The van der Waals surface area contributed by atoms with Crippen molar-refractivity contribution < 1.29 is 29.3 Å². The fraction of sp³-hybridized carbons (Fsp3) is 0.615. The molecule has 0 bridgehead atoms. The zero-order chi connectivity index (χ0) is 16.3. The average Bonchev–Trinajstić information content (AvgIpc) is 2.40. The summed E-state index contributed by atoms with van der Waals surface area (Å²) in [6.07, 6.45) is 0.974. The molecule has 0 saturated carbocycles. The minimum absolute atomic E-state index is 0.0174. The molecule has 0 heterocycles. The molecule has 0 radical (unpaired) electrons. The number of nitrogens with one attached hydrogen (secondary N) is 2. The second kappa shape index (κ2) is 10.7. The molecule has 0 saturated heterocycles. The van der Waals surface area contributed by atoms with Gasteiger partial charge in [0.1, 0.15) is 18.1 Å². The van der Waals surface area contributed by atoms with Gasteiger partial charge in [-0.1, -0.05) is 0 Å². The molecule has 0 aliphatic carbocycles. The van der Waals surface area contributed by atoms with E-state index in [0.717, 1.165) is 5.32 Å². The van der Waals surface area contributed by atoms with Gasteiger partial charge in [0.05, 0.1) is 6.54 Å². The van der Waals surface area contributed by atoms with Crippen LogP contribution in [-0.2, 0) is 24.0 Å². The predicted octanol–water partition coefficient (Wildman–Crippen LogP) is -2.34. The minimum atomic E-state index is -0.425. The van der Waals surface area contributed by atoms with Gasteiger partial charge in [-0.2, -0.15) is 0 Å². The summed E-state index contributed by atoms with van der Waals surface area (Å²) >= 11 is 0. The molecular formula is C13H22N3O5+. The van der Waals surface area contributed by atoms with E-state index >= 15 is 0 Å². The lowest BCUT2D eigenvalue weighted by Crippen LogP contribution is -2.91. The first-order valence-electron chi connectivity index (χ1n) is 6.69. The summed E-state index contributed by atoms with van der Waals surface area (Å²) in [5.41, 5.74) is 0. The summed E-state index contributed by atoms with van der Waals surface area (Å²) in [4.78, 5) is 55.3. The van der Waals surface area contributed by atoms with E-state index in [1.165, 1.54) is 13.8 Å². The highest BCUT2D eigenvalue weighted by atomic mass is 16.2. The zero-order valence-electron chi connectivity index (χ0n) is 12.4. The van der Waals surface area contributed by atoms with Crippen LogP contribution >= 0.6 is 0 Å². The van der Waals surface area contributed by atoms with Gasteiger partial charge in [0.15, 0.2) is 6.54 Å². The lowest BCUT2D eigenvalue weighted by atomic mass is 10.2. The second-order valence-corrected chi connectivity index (χ2v) is 4.69. The van der Waals surface area contributed by atoms with Crippen molar-refractivity contribution in [1.29, 1.82) is 0 Å².